The number of rotatable bonds is 10. The van der Waals surface area contributed by atoms with Crippen molar-refractivity contribution < 1.29 is 17.5 Å². The van der Waals surface area contributed by atoms with Crippen LogP contribution in [0.3, 0.4) is 0 Å². The van der Waals surface area contributed by atoms with Gasteiger partial charge in [0.15, 0.2) is 0 Å². The molecule has 0 atom stereocenters. The molecule has 40 heavy (non-hydrogen) atoms. The minimum atomic E-state index is -3.68. The van der Waals surface area contributed by atoms with Crippen LogP contribution >= 0.6 is 11.6 Å². The van der Waals surface area contributed by atoms with Gasteiger partial charge in [0, 0.05) is 47.6 Å². The Morgan fingerprint density at radius 2 is 1.80 bits per heavy atom. The summed E-state index contributed by atoms with van der Waals surface area (Å²) in [5.74, 6) is 0.299. The van der Waals surface area contributed by atoms with Crippen LogP contribution in [0.5, 0.6) is 0 Å². The average molecular weight is 588 g/mol. The number of hydrogen-bond donors (Lipinski definition) is 3. The van der Waals surface area contributed by atoms with E-state index in [1.165, 1.54) is 6.07 Å². The first-order chi connectivity index (χ1) is 18.9. The van der Waals surface area contributed by atoms with Gasteiger partial charge in [-0.05, 0) is 64.1 Å². The number of methoxy groups -OCH3 is 1. The molecule has 0 fully saturated rings. The van der Waals surface area contributed by atoms with Crippen LogP contribution in [0.1, 0.15) is 26.3 Å². The maximum absolute atomic E-state index is 15.0. The van der Waals surface area contributed by atoms with Gasteiger partial charge in [0.05, 0.1) is 34.8 Å². The van der Waals surface area contributed by atoms with Gasteiger partial charge in [0.1, 0.15) is 11.6 Å². The van der Waals surface area contributed by atoms with Crippen molar-refractivity contribution in [3.63, 3.8) is 0 Å². The van der Waals surface area contributed by atoms with E-state index in [0.717, 1.165) is 5.56 Å². The standard InChI is InChI=1S/C27H31ClFN7O3S/c1-17-14-30-26(33-19-6-8-21(23(29)12-19)18-15-31-36(16-18)10-11-39-5)34-25(17)32-20-7-9-22(28)24(13-20)35-40(37,38)27(2,3)4/h6-9,12-16,35H,10-11H2,1-5H3,(H2,30,32,33,34). The van der Waals surface area contributed by atoms with Gasteiger partial charge in [-0.1, -0.05) is 11.6 Å². The monoisotopic (exact) mass is 587 g/mol. The van der Waals surface area contributed by atoms with Gasteiger partial charge in [0.2, 0.25) is 16.0 Å². The first-order valence-corrected chi connectivity index (χ1v) is 14.2. The molecule has 3 N–H and O–H groups in total. The van der Waals surface area contributed by atoms with Crippen molar-refractivity contribution in [3.05, 3.63) is 71.4 Å². The Morgan fingerprint density at radius 3 is 2.50 bits per heavy atom. The largest absolute Gasteiger partial charge is 0.383 e. The van der Waals surface area contributed by atoms with Crippen molar-refractivity contribution >= 4 is 50.5 Å². The molecule has 0 radical (unpaired) electrons. The van der Waals surface area contributed by atoms with Crippen LogP contribution in [0.15, 0.2) is 55.0 Å². The summed E-state index contributed by atoms with van der Waals surface area (Å²) in [6.45, 7) is 7.70. The summed E-state index contributed by atoms with van der Waals surface area (Å²) in [6.07, 6.45) is 5.00. The lowest BCUT2D eigenvalue weighted by atomic mass is 10.1. The minimum absolute atomic E-state index is 0.242. The topological polar surface area (TPSA) is 123 Å². The molecule has 0 aliphatic heterocycles. The third-order valence-corrected chi connectivity index (χ3v) is 8.38. The number of hydrogen-bond acceptors (Lipinski definition) is 8. The van der Waals surface area contributed by atoms with Crippen LogP contribution in [0.2, 0.25) is 5.02 Å². The first-order valence-electron chi connectivity index (χ1n) is 12.4. The SMILES string of the molecule is COCCn1cc(-c2ccc(Nc3ncc(C)c(Nc4ccc(Cl)c(NS(=O)(=O)C(C)(C)C)c4)n3)cc2F)cn1. The van der Waals surface area contributed by atoms with Gasteiger partial charge < -0.3 is 15.4 Å². The Morgan fingerprint density at radius 1 is 1.07 bits per heavy atom. The molecule has 0 aliphatic carbocycles. The number of nitrogens with zero attached hydrogens (tertiary/aromatic N) is 4. The molecule has 0 aliphatic rings. The van der Waals surface area contributed by atoms with E-state index in [-0.39, 0.29) is 16.7 Å². The number of benzene rings is 2. The first kappa shape index (κ1) is 29.2. The van der Waals surface area contributed by atoms with E-state index < -0.39 is 20.6 Å². The van der Waals surface area contributed by atoms with Gasteiger partial charge in [-0.3, -0.25) is 9.40 Å². The van der Waals surface area contributed by atoms with Crippen LogP contribution in [0, 0.1) is 12.7 Å². The highest BCUT2D eigenvalue weighted by Crippen LogP contribution is 2.31. The molecule has 0 spiro atoms. The second-order valence-corrected chi connectivity index (χ2v) is 12.9. The zero-order valence-electron chi connectivity index (χ0n) is 22.8. The average Bonchev–Trinajstić information content (AvgIpc) is 3.34. The maximum Gasteiger partial charge on any atom is 0.237 e. The summed E-state index contributed by atoms with van der Waals surface area (Å²) < 4.78 is 48.5. The molecule has 0 bridgehead atoms. The van der Waals surface area contributed by atoms with Gasteiger partial charge in [-0.2, -0.15) is 10.1 Å². The zero-order chi connectivity index (χ0) is 29.1. The lowest BCUT2D eigenvalue weighted by Gasteiger charge is -2.21. The molecule has 0 amide bonds. The Bertz CT molecular complexity index is 1620. The number of sulfonamides is 1. The molecule has 2 heterocycles. The Labute approximate surface area is 238 Å². The van der Waals surface area contributed by atoms with Gasteiger partial charge >= 0.3 is 0 Å². The van der Waals surface area contributed by atoms with Crippen LogP contribution in [-0.2, 0) is 21.3 Å². The molecule has 13 heteroatoms. The Kier molecular flexibility index (Phi) is 8.62. The van der Waals surface area contributed by atoms with E-state index in [0.29, 0.717) is 41.5 Å². The molecular formula is C27H31ClFN7O3S. The molecule has 4 aromatic rings. The number of anilines is 5. The number of nitrogens with one attached hydrogen (secondary N) is 3. The summed E-state index contributed by atoms with van der Waals surface area (Å²) in [4.78, 5) is 8.82. The van der Waals surface area contributed by atoms with E-state index in [4.69, 9.17) is 16.3 Å². The molecule has 0 saturated heterocycles. The van der Waals surface area contributed by atoms with E-state index in [9.17, 15) is 12.8 Å². The Balaban J connectivity index is 1.51. The second kappa shape index (κ2) is 11.8. The van der Waals surface area contributed by atoms with Crippen LogP contribution in [0.4, 0.5) is 33.2 Å². The molecule has 0 unspecified atom stereocenters. The molecule has 10 nitrogen and oxygen atoms in total. The highest BCUT2D eigenvalue weighted by atomic mass is 35.5. The van der Waals surface area contributed by atoms with Gasteiger partial charge in [-0.25, -0.2) is 17.8 Å². The molecule has 2 aromatic heterocycles. The third-order valence-electron chi connectivity index (χ3n) is 5.95. The van der Waals surface area contributed by atoms with E-state index in [1.54, 1.807) is 81.5 Å². The lowest BCUT2D eigenvalue weighted by molar-refractivity contribution is 0.183. The van der Waals surface area contributed by atoms with Crippen LogP contribution < -0.4 is 15.4 Å². The smallest absolute Gasteiger partial charge is 0.237 e. The zero-order valence-corrected chi connectivity index (χ0v) is 24.4. The van der Waals surface area contributed by atoms with E-state index >= 15 is 0 Å². The molecule has 2 aromatic carbocycles. The summed E-state index contributed by atoms with van der Waals surface area (Å²) in [6, 6.07) is 9.64. The fourth-order valence-electron chi connectivity index (χ4n) is 3.51. The number of ether oxygens (including phenoxy) is 1. The van der Waals surface area contributed by atoms with Gasteiger partial charge in [-0.15, -0.1) is 0 Å². The fourth-order valence-corrected chi connectivity index (χ4v) is 4.50. The van der Waals surface area contributed by atoms with Crippen molar-refractivity contribution in [3.8, 4) is 11.1 Å². The summed E-state index contributed by atoms with van der Waals surface area (Å²) >= 11 is 6.26. The van der Waals surface area contributed by atoms with Crippen molar-refractivity contribution in [1.82, 2.24) is 19.7 Å². The van der Waals surface area contributed by atoms with Gasteiger partial charge in [0.25, 0.3) is 0 Å². The fraction of sp³-hybridized carbons (Fsp3) is 0.296. The molecule has 0 saturated carbocycles. The second-order valence-electron chi connectivity index (χ2n) is 10.1. The predicted octanol–water partition coefficient (Wildman–Crippen LogP) is 6.11. The molecule has 4 rings (SSSR count). The van der Waals surface area contributed by atoms with Crippen LogP contribution in [0.25, 0.3) is 11.1 Å². The van der Waals surface area contributed by atoms with Crippen LogP contribution in [-0.4, -0.2) is 46.6 Å². The van der Waals surface area contributed by atoms with E-state index in [1.807, 2.05) is 6.92 Å². The summed E-state index contributed by atoms with van der Waals surface area (Å²) in [7, 11) is -2.07. The lowest BCUT2D eigenvalue weighted by Crippen LogP contribution is -2.33. The number of halogens is 2. The quantitative estimate of drug-likeness (QED) is 0.203. The number of aromatic nitrogens is 4. The van der Waals surface area contributed by atoms with Crippen molar-refractivity contribution in [2.75, 3.05) is 29.1 Å². The number of aryl methyl sites for hydroxylation is 1. The minimum Gasteiger partial charge on any atom is -0.383 e. The molecule has 212 valence electrons. The highest BCUT2D eigenvalue weighted by Gasteiger charge is 2.29. The highest BCUT2D eigenvalue weighted by molar-refractivity contribution is 7.94. The maximum atomic E-state index is 15.0. The summed E-state index contributed by atoms with van der Waals surface area (Å²) in [5.41, 5.74) is 3.08. The van der Waals surface area contributed by atoms with Crippen molar-refractivity contribution in [2.45, 2.75) is 39.0 Å². The van der Waals surface area contributed by atoms with Crippen molar-refractivity contribution in [2.24, 2.45) is 0 Å². The Hall–Kier alpha value is -3.74. The third kappa shape index (κ3) is 6.87. The summed E-state index contributed by atoms with van der Waals surface area (Å²) in [5, 5.41) is 10.7. The normalized spacial score (nSPS) is 11.9. The van der Waals surface area contributed by atoms with E-state index in [2.05, 4.69) is 30.4 Å². The van der Waals surface area contributed by atoms with Crippen molar-refractivity contribution in [1.29, 1.82) is 0 Å². The predicted molar refractivity (Wildman–Crippen MR) is 157 cm³/mol. The molecular weight excluding hydrogens is 557 g/mol.